The number of nitrogens with zero attached hydrogens (tertiary/aromatic N) is 1. The van der Waals surface area contributed by atoms with Gasteiger partial charge in [-0.2, -0.15) is 0 Å². The molecule has 2 heteroatoms. The van der Waals surface area contributed by atoms with Crippen molar-refractivity contribution in [1.29, 1.82) is 0 Å². The van der Waals surface area contributed by atoms with Crippen LogP contribution in [0.1, 0.15) is 23.6 Å². The van der Waals surface area contributed by atoms with E-state index < -0.39 is 0 Å². The molecule has 2 nitrogen and oxygen atoms in total. The van der Waals surface area contributed by atoms with E-state index >= 15 is 0 Å². The van der Waals surface area contributed by atoms with Crippen LogP contribution in [0.2, 0.25) is 0 Å². The summed E-state index contributed by atoms with van der Waals surface area (Å²) in [5.74, 6) is 0.923. The molecule has 0 N–H and O–H groups in total. The Hall–Kier alpha value is -2.22. The SMILES string of the molecule is CCOc1cc(N(C)C)ccc1C=Cc1ccc(C)cc1. The van der Waals surface area contributed by atoms with E-state index in [-0.39, 0.29) is 0 Å². The standard InChI is InChI=1S/C19H23NO/c1-5-21-19-14-18(20(3)4)13-12-17(19)11-10-16-8-6-15(2)7-9-16/h6-14H,5H2,1-4H3. The quantitative estimate of drug-likeness (QED) is 0.741. The van der Waals surface area contributed by atoms with Crippen molar-refractivity contribution in [2.75, 3.05) is 25.6 Å². The summed E-state index contributed by atoms with van der Waals surface area (Å²) < 4.78 is 5.76. The predicted molar refractivity (Wildman–Crippen MR) is 92.0 cm³/mol. The van der Waals surface area contributed by atoms with Crippen molar-refractivity contribution in [3.63, 3.8) is 0 Å². The van der Waals surface area contributed by atoms with Gasteiger partial charge < -0.3 is 9.64 Å². The Labute approximate surface area is 127 Å². The van der Waals surface area contributed by atoms with Crippen molar-refractivity contribution in [3.8, 4) is 5.75 Å². The minimum absolute atomic E-state index is 0.669. The van der Waals surface area contributed by atoms with Crippen LogP contribution >= 0.6 is 0 Å². The maximum Gasteiger partial charge on any atom is 0.128 e. The average Bonchev–Trinajstić information content (AvgIpc) is 2.47. The molecule has 110 valence electrons. The maximum absolute atomic E-state index is 5.76. The van der Waals surface area contributed by atoms with Crippen LogP contribution in [0.5, 0.6) is 5.75 Å². The molecule has 2 rings (SSSR count). The van der Waals surface area contributed by atoms with Crippen molar-refractivity contribution in [2.45, 2.75) is 13.8 Å². The summed E-state index contributed by atoms with van der Waals surface area (Å²) in [6, 6.07) is 14.8. The van der Waals surface area contributed by atoms with E-state index in [0.717, 1.165) is 17.0 Å². The number of aryl methyl sites for hydroxylation is 1. The first-order valence-corrected chi connectivity index (χ1v) is 7.29. The lowest BCUT2D eigenvalue weighted by atomic mass is 10.1. The highest BCUT2D eigenvalue weighted by Crippen LogP contribution is 2.26. The fraction of sp³-hybridized carbons (Fsp3) is 0.263. The zero-order valence-electron chi connectivity index (χ0n) is 13.3. The molecule has 0 aliphatic heterocycles. The van der Waals surface area contributed by atoms with Gasteiger partial charge in [0.25, 0.3) is 0 Å². The van der Waals surface area contributed by atoms with Crippen molar-refractivity contribution < 1.29 is 4.74 Å². The van der Waals surface area contributed by atoms with Crippen LogP contribution in [0.15, 0.2) is 42.5 Å². The third kappa shape index (κ3) is 4.12. The van der Waals surface area contributed by atoms with E-state index in [1.165, 1.54) is 11.1 Å². The number of rotatable bonds is 5. The highest BCUT2D eigenvalue weighted by atomic mass is 16.5. The van der Waals surface area contributed by atoms with Crippen LogP contribution in [0, 0.1) is 6.92 Å². The summed E-state index contributed by atoms with van der Waals surface area (Å²) in [7, 11) is 4.07. The lowest BCUT2D eigenvalue weighted by Crippen LogP contribution is -2.08. The van der Waals surface area contributed by atoms with Gasteiger partial charge in [0.1, 0.15) is 5.75 Å². The van der Waals surface area contributed by atoms with Crippen molar-refractivity contribution in [1.82, 2.24) is 0 Å². The third-order valence-corrected chi connectivity index (χ3v) is 3.35. The molecule has 0 bridgehead atoms. The van der Waals surface area contributed by atoms with Crippen LogP contribution < -0.4 is 9.64 Å². The van der Waals surface area contributed by atoms with E-state index in [4.69, 9.17) is 4.74 Å². The monoisotopic (exact) mass is 281 g/mol. The molecular formula is C19H23NO. The molecule has 0 aromatic heterocycles. The zero-order chi connectivity index (χ0) is 15.2. The van der Waals surface area contributed by atoms with Crippen LogP contribution in [-0.4, -0.2) is 20.7 Å². The van der Waals surface area contributed by atoms with E-state index in [9.17, 15) is 0 Å². The Morgan fingerprint density at radius 2 is 1.71 bits per heavy atom. The molecule has 0 saturated heterocycles. The van der Waals surface area contributed by atoms with Crippen molar-refractivity contribution in [3.05, 3.63) is 59.2 Å². The van der Waals surface area contributed by atoms with Gasteiger partial charge in [0.05, 0.1) is 6.61 Å². The van der Waals surface area contributed by atoms with Gasteiger partial charge in [0.2, 0.25) is 0 Å². The first-order valence-electron chi connectivity index (χ1n) is 7.29. The van der Waals surface area contributed by atoms with E-state index in [2.05, 4.69) is 66.4 Å². The minimum Gasteiger partial charge on any atom is -0.493 e. The lowest BCUT2D eigenvalue weighted by molar-refractivity contribution is 0.339. The Kier molecular flexibility index (Phi) is 5.04. The first kappa shape index (κ1) is 15.2. The maximum atomic E-state index is 5.76. The summed E-state index contributed by atoms with van der Waals surface area (Å²) in [5, 5.41) is 0. The molecule has 0 unspecified atom stereocenters. The topological polar surface area (TPSA) is 12.5 Å². The second-order valence-corrected chi connectivity index (χ2v) is 5.29. The van der Waals surface area contributed by atoms with Crippen molar-refractivity contribution in [2.24, 2.45) is 0 Å². The largest absolute Gasteiger partial charge is 0.493 e. The third-order valence-electron chi connectivity index (χ3n) is 3.35. The Bertz CT molecular complexity index is 612. The molecule has 2 aromatic rings. The van der Waals surface area contributed by atoms with Gasteiger partial charge in [-0.1, -0.05) is 42.0 Å². The van der Waals surface area contributed by atoms with Gasteiger partial charge in [0.15, 0.2) is 0 Å². The van der Waals surface area contributed by atoms with E-state index in [1.807, 2.05) is 21.0 Å². The number of hydrogen-bond acceptors (Lipinski definition) is 2. The number of benzene rings is 2. The van der Waals surface area contributed by atoms with Gasteiger partial charge >= 0.3 is 0 Å². The van der Waals surface area contributed by atoms with Crippen LogP contribution in [0.25, 0.3) is 12.2 Å². The molecule has 0 aliphatic carbocycles. The second-order valence-electron chi connectivity index (χ2n) is 5.29. The van der Waals surface area contributed by atoms with Gasteiger partial charge in [-0.05, 0) is 31.5 Å². The van der Waals surface area contributed by atoms with Gasteiger partial charge in [-0.25, -0.2) is 0 Å². The molecule has 2 aromatic carbocycles. The average molecular weight is 281 g/mol. The van der Waals surface area contributed by atoms with Crippen LogP contribution in [0.4, 0.5) is 5.69 Å². The first-order chi connectivity index (χ1) is 10.1. The molecule has 0 saturated carbocycles. The summed E-state index contributed by atoms with van der Waals surface area (Å²) in [6.45, 7) is 4.78. The minimum atomic E-state index is 0.669. The molecule has 0 fully saturated rings. The summed E-state index contributed by atoms with van der Waals surface area (Å²) in [5.41, 5.74) is 4.71. The van der Waals surface area contributed by atoms with Gasteiger partial charge in [-0.3, -0.25) is 0 Å². The Morgan fingerprint density at radius 3 is 2.33 bits per heavy atom. The summed E-state index contributed by atoms with van der Waals surface area (Å²) in [6.07, 6.45) is 4.22. The van der Waals surface area contributed by atoms with E-state index in [1.54, 1.807) is 0 Å². The number of hydrogen-bond donors (Lipinski definition) is 0. The second kappa shape index (κ2) is 6.98. The molecule has 0 spiro atoms. The molecule has 0 heterocycles. The molecule has 0 atom stereocenters. The number of ether oxygens (including phenoxy) is 1. The fourth-order valence-electron chi connectivity index (χ4n) is 2.08. The van der Waals surface area contributed by atoms with Crippen molar-refractivity contribution >= 4 is 17.8 Å². The van der Waals surface area contributed by atoms with Crippen LogP contribution in [-0.2, 0) is 0 Å². The molecule has 21 heavy (non-hydrogen) atoms. The zero-order valence-corrected chi connectivity index (χ0v) is 13.3. The number of anilines is 1. The smallest absolute Gasteiger partial charge is 0.128 e. The lowest BCUT2D eigenvalue weighted by Gasteiger charge is -2.15. The Morgan fingerprint density at radius 1 is 1.00 bits per heavy atom. The summed E-state index contributed by atoms with van der Waals surface area (Å²) in [4.78, 5) is 2.08. The van der Waals surface area contributed by atoms with Gasteiger partial charge in [-0.15, -0.1) is 0 Å². The highest BCUT2D eigenvalue weighted by Gasteiger charge is 2.04. The molecule has 0 amide bonds. The molecular weight excluding hydrogens is 258 g/mol. The highest BCUT2D eigenvalue weighted by molar-refractivity contribution is 5.74. The predicted octanol–water partition coefficient (Wildman–Crippen LogP) is 4.63. The normalized spacial score (nSPS) is 10.9. The van der Waals surface area contributed by atoms with Gasteiger partial charge in [0, 0.05) is 31.4 Å². The fourth-order valence-corrected chi connectivity index (χ4v) is 2.08. The Balaban J connectivity index is 2.27. The van der Waals surface area contributed by atoms with E-state index in [0.29, 0.717) is 6.61 Å². The molecule has 0 radical (unpaired) electrons. The summed E-state index contributed by atoms with van der Waals surface area (Å²) >= 11 is 0. The van der Waals surface area contributed by atoms with Crippen LogP contribution in [0.3, 0.4) is 0 Å². The molecule has 0 aliphatic rings.